The van der Waals surface area contributed by atoms with E-state index >= 15 is 0 Å². The molecule has 1 fully saturated rings. The second kappa shape index (κ2) is 6.58. The number of hydrogen-bond donors (Lipinski definition) is 1. The minimum absolute atomic E-state index is 0.131. The molecule has 0 aromatic carbocycles. The number of allylic oxidation sites excluding steroid dienone is 2. The van der Waals surface area contributed by atoms with Crippen molar-refractivity contribution in [2.24, 2.45) is 0 Å². The van der Waals surface area contributed by atoms with Crippen molar-refractivity contribution in [3.63, 3.8) is 0 Å². The molecule has 24 heavy (non-hydrogen) atoms. The molecule has 0 bridgehead atoms. The maximum Gasteiger partial charge on any atom is 0.228 e. The maximum absolute atomic E-state index is 12.6. The Morgan fingerprint density at radius 3 is 2.83 bits per heavy atom. The average Bonchev–Trinajstić information content (AvgIpc) is 3.31. The van der Waals surface area contributed by atoms with Crippen LogP contribution in [0.4, 0.5) is 0 Å². The third-order valence-electron chi connectivity index (χ3n) is 4.26. The Labute approximate surface area is 148 Å². The van der Waals surface area contributed by atoms with Crippen molar-refractivity contribution in [2.75, 3.05) is 26.2 Å². The monoisotopic (exact) mass is 359 g/mol. The van der Waals surface area contributed by atoms with Crippen molar-refractivity contribution in [2.45, 2.75) is 12.8 Å². The van der Waals surface area contributed by atoms with Gasteiger partial charge in [-0.1, -0.05) is 6.07 Å². The smallest absolute Gasteiger partial charge is 0.228 e. The fraction of sp³-hybridized carbons (Fsp3) is 0.353. The highest BCUT2D eigenvalue weighted by Crippen LogP contribution is 2.34. The van der Waals surface area contributed by atoms with Gasteiger partial charge in [-0.3, -0.25) is 9.59 Å². The Balaban J connectivity index is 1.48. The number of thiophene rings is 1. The minimum atomic E-state index is -0.176. The molecule has 1 aliphatic heterocycles. The largest absolute Gasteiger partial charge is 0.380 e. The summed E-state index contributed by atoms with van der Waals surface area (Å²) in [6.45, 7) is 3.80. The molecule has 1 N–H and O–H groups in total. The number of aromatic nitrogens is 1. The third kappa shape index (κ3) is 2.94. The van der Waals surface area contributed by atoms with Gasteiger partial charge in [0.2, 0.25) is 5.78 Å². The molecule has 1 saturated heterocycles. The van der Waals surface area contributed by atoms with Gasteiger partial charge in [-0.05, 0) is 37.4 Å². The molecule has 0 spiro atoms. The van der Waals surface area contributed by atoms with Gasteiger partial charge in [-0.25, -0.2) is 4.98 Å². The fourth-order valence-corrected chi connectivity index (χ4v) is 4.79. The van der Waals surface area contributed by atoms with E-state index in [0.29, 0.717) is 22.8 Å². The Kier molecular flexibility index (Phi) is 4.30. The predicted molar refractivity (Wildman–Crippen MR) is 95.8 cm³/mol. The highest BCUT2D eigenvalue weighted by atomic mass is 32.1. The summed E-state index contributed by atoms with van der Waals surface area (Å²) in [5, 5.41) is 5.83. The lowest BCUT2D eigenvalue weighted by molar-refractivity contribution is 0.0977. The summed E-state index contributed by atoms with van der Waals surface area (Å²) in [6.07, 6.45) is 3.91. The first-order valence-electron chi connectivity index (χ1n) is 8.04. The fourth-order valence-electron chi connectivity index (χ4n) is 3.02. The Hall–Kier alpha value is -1.83. The van der Waals surface area contributed by atoms with Crippen LogP contribution in [0.25, 0.3) is 9.88 Å². The third-order valence-corrected chi connectivity index (χ3v) is 6.37. The van der Waals surface area contributed by atoms with Crippen molar-refractivity contribution >= 4 is 34.2 Å². The maximum atomic E-state index is 12.6. The molecule has 0 unspecified atom stereocenters. The molecular weight excluding hydrogens is 342 g/mol. The number of nitrogens with one attached hydrogen (secondary N) is 1. The van der Waals surface area contributed by atoms with E-state index in [9.17, 15) is 9.59 Å². The van der Waals surface area contributed by atoms with Gasteiger partial charge in [0, 0.05) is 19.2 Å². The van der Waals surface area contributed by atoms with E-state index in [1.165, 1.54) is 30.3 Å². The number of fused-ring (bicyclic) bond motifs is 1. The lowest BCUT2D eigenvalue weighted by Crippen LogP contribution is -2.33. The van der Waals surface area contributed by atoms with Crippen molar-refractivity contribution in [1.29, 1.82) is 0 Å². The number of likely N-dealkylation sites (tertiary alicyclic amines) is 1. The van der Waals surface area contributed by atoms with E-state index in [1.807, 2.05) is 17.5 Å². The van der Waals surface area contributed by atoms with Crippen LogP contribution in [0.5, 0.6) is 0 Å². The van der Waals surface area contributed by atoms with Gasteiger partial charge in [0.25, 0.3) is 0 Å². The van der Waals surface area contributed by atoms with E-state index in [2.05, 4.69) is 15.2 Å². The Bertz CT molecular complexity index is 802. The van der Waals surface area contributed by atoms with E-state index < -0.39 is 0 Å². The highest BCUT2D eigenvalue weighted by molar-refractivity contribution is 7.22. The molecule has 0 saturated carbocycles. The molecule has 1 aliphatic carbocycles. The first-order valence-corrected chi connectivity index (χ1v) is 9.73. The number of hydrogen-bond acceptors (Lipinski definition) is 7. The molecule has 7 heteroatoms. The number of thiazole rings is 1. The summed E-state index contributed by atoms with van der Waals surface area (Å²) in [5.41, 5.74) is 0.661. The van der Waals surface area contributed by atoms with E-state index in [4.69, 9.17) is 0 Å². The Morgan fingerprint density at radius 1 is 1.25 bits per heavy atom. The van der Waals surface area contributed by atoms with Crippen molar-refractivity contribution in [3.8, 4) is 9.88 Å². The van der Waals surface area contributed by atoms with Gasteiger partial charge in [-0.2, -0.15) is 0 Å². The zero-order chi connectivity index (χ0) is 16.5. The van der Waals surface area contributed by atoms with E-state index in [-0.39, 0.29) is 11.6 Å². The second-order valence-corrected chi connectivity index (χ2v) is 7.85. The number of carbonyl (C=O) groups excluding carboxylic acids is 2. The molecule has 0 radical (unpaired) electrons. The molecule has 124 valence electrons. The van der Waals surface area contributed by atoms with Crippen LogP contribution in [0.15, 0.2) is 29.3 Å². The number of nitrogens with zero attached hydrogens (tertiary/aromatic N) is 2. The number of ketones is 2. The molecule has 5 nitrogen and oxygen atoms in total. The van der Waals surface area contributed by atoms with Gasteiger partial charge in [-0.15, -0.1) is 22.7 Å². The summed E-state index contributed by atoms with van der Waals surface area (Å²) in [4.78, 5) is 33.2. The van der Waals surface area contributed by atoms with Crippen LogP contribution < -0.4 is 5.32 Å². The molecular formula is C17H17N3O2S2. The van der Waals surface area contributed by atoms with Crippen LogP contribution >= 0.6 is 22.7 Å². The van der Waals surface area contributed by atoms with Gasteiger partial charge >= 0.3 is 0 Å². The molecule has 4 rings (SSSR count). The predicted octanol–water partition coefficient (Wildman–Crippen LogP) is 2.82. The molecule has 0 atom stereocenters. The SMILES string of the molecule is O=C1C(NCCN2CCCC2)=CC(=O)c2sc(-c3cccs3)nc21. The first-order chi connectivity index (χ1) is 11.7. The number of Topliss-reactive ketones (excluding diaryl/α,β-unsaturated/α-hetero) is 1. The van der Waals surface area contributed by atoms with Crippen LogP contribution in [-0.2, 0) is 0 Å². The van der Waals surface area contributed by atoms with Crippen molar-refractivity contribution in [3.05, 3.63) is 39.9 Å². The number of carbonyl (C=O) groups is 2. The summed E-state index contributed by atoms with van der Waals surface area (Å²) in [6, 6.07) is 3.89. The van der Waals surface area contributed by atoms with Crippen molar-refractivity contribution < 1.29 is 9.59 Å². The van der Waals surface area contributed by atoms with Crippen LogP contribution in [0.2, 0.25) is 0 Å². The van der Waals surface area contributed by atoms with Crippen LogP contribution in [0.3, 0.4) is 0 Å². The summed E-state index contributed by atoms with van der Waals surface area (Å²) in [5.74, 6) is -0.307. The standard InChI is InChI=1S/C17H17N3O2S2/c21-12-10-11(18-5-8-20-6-1-2-7-20)15(22)14-16(12)24-17(19-14)13-4-3-9-23-13/h3-4,9-10,18H,1-2,5-8H2. The summed E-state index contributed by atoms with van der Waals surface area (Å²) < 4.78 is 0. The number of rotatable bonds is 5. The van der Waals surface area contributed by atoms with E-state index in [0.717, 1.165) is 29.5 Å². The first kappa shape index (κ1) is 15.7. The molecule has 2 aromatic rings. The molecule has 3 heterocycles. The topological polar surface area (TPSA) is 62.3 Å². The lowest BCUT2D eigenvalue weighted by Gasteiger charge is -2.17. The molecule has 0 amide bonds. The lowest BCUT2D eigenvalue weighted by atomic mass is 10.0. The normalized spacial score (nSPS) is 17.9. The zero-order valence-corrected chi connectivity index (χ0v) is 14.7. The van der Waals surface area contributed by atoms with Gasteiger partial charge in [0.1, 0.15) is 15.6 Å². The zero-order valence-electron chi connectivity index (χ0n) is 13.1. The summed E-state index contributed by atoms with van der Waals surface area (Å²) >= 11 is 2.86. The van der Waals surface area contributed by atoms with Crippen molar-refractivity contribution in [1.82, 2.24) is 15.2 Å². The minimum Gasteiger partial charge on any atom is -0.380 e. The highest BCUT2D eigenvalue weighted by Gasteiger charge is 2.30. The van der Waals surface area contributed by atoms with Crippen LogP contribution in [0.1, 0.15) is 33.0 Å². The molecule has 2 aliphatic rings. The van der Waals surface area contributed by atoms with Gasteiger partial charge in [0.15, 0.2) is 5.78 Å². The van der Waals surface area contributed by atoms with Gasteiger partial charge < -0.3 is 10.2 Å². The van der Waals surface area contributed by atoms with Gasteiger partial charge in [0.05, 0.1) is 10.6 Å². The van der Waals surface area contributed by atoms with E-state index in [1.54, 1.807) is 11.3 Å². The van der Waals surface area contributed by atoms with Crippen LogP contribution in [0, 0.1) is 0 Å². The van der Waals surface area contributed by atoms with Crippen LogP contribution in [-0.4, -0.2) is 47.6 Å². The quantitative estimate of drug-likeness (QED) is 0.889. The average molecular weight is 359 g/mol. The summed E-state index contributed by atoms with van der Waals surface area (Å²) in [7, 11) is 0. The Morgan fingerprint density at radius 2 is 2.08 bits per heavy atom. The second-order valence-electron chi connectivity index (χ2n) is 5.90. The molecule has 2 aromatic heterocycles.